The monoisotopic (exact) mass is 535 g/mol. The lowest BCUT2D eigenvalue weighted by atomic mass is 10.0. The van der Waals surface area contributed by atoms with Gasteiger partial charge < -0.3 is 10.1 Å². The zero-order valence-corrected chi connectivity index (χ0v) is 22.4. The van der Waals surface area contributed by atoms with Crippen LogP contribution in [0.25, 0.3) is 10.8 Å². The number of nitrogens with one attached hydrogen (secondary N) is 2. The van der Waals surface area contributed by atoms with Crippen molar-refractivity contribution in [2.24, 2.45) is 5.10 Å². The zero-order chi connectivity index (χ0) is 27.2. The van der Waals surface area contributed by atoms with Gasteiger partial charge in [0.2, 0.25) is 5.91 Å². The summed E-state index contributed by atoms with van der Waals surface area (Å²) in [7, 11) is 0. The highest BCUT2D eigenvalue weighted by Crippen LogP contribution is 2.27. The first-order valence-corrected chi connectivity index (χ1v) is 13.4. The highest BCUT2D eigenvalue weighted by Gasteiger charge is 2.14. The molecular formula is C30H34ClN3O4. The van der Waals surface area contributed by atoms with E-state index in [9.17, 15) is 14.4 Å². The van der Waals surface area contributed by atoms with Gasteiger partial charge in [-0.2, -0.15) is 5.10 Å². The fraction of sp³-hybridized carbons (Fsp3) is 0.333. The van der Waals surface area contributed by atoms with Gasteiger partial charge in [0.05, 0.1) is 18.3 Å². The second kappa shape index (κ2) is 15.5. The lowest BCUT2D eigenvalue weighted by Crippen LogP contribution is -2.34. The van der Waals surface area contributed by atoms with E-state index in [1.807, 2.05) is 30.3 Å². The molecule has 0 saturated carbocycles. The molecule has 0 fully saturated rings. The number of carbonyl (C=O) groups excluding carboxylic acids is 3. The van der Waals surface area contributed by atoms with Crippen LogP contribution in [0.5, 0.6) is 5.75 Å². The molecule has 0 aliphatic carbocycles. The molecule has 0 atom stereocenters. The van der Waals surface area contributed by atoms with Crippen LogP contribution < -0.4 is 15.5 Å². The Kier molecular flexibility index (Phi) is 11.8. The topological polar surface area (TPSA) is 96.9 Å². The van der Waals surface area contributed by atoms with Gasteiger partial charge in [0.25, 0.3) is 5.91 Å². The number of ether oxygens (including phenoxy) is 1. The van der Waals surface area contributed by atoms with Crippen molar-refractivity contribution in [3.8, 4) is 5.75 Å². The Balaban J connectivity index is 1.55. The average Bonchev–Trinajstić information content (AvgIpc) is 2.92. The van der Waals surface area contributed by atoms with Gasteiger partial charge in [-0.3, -0.25) is 9.59 Å². The maximum Gasteiger partial charge on any atom is 0.343 e. The molecule has 0 saturated heterocycles. The first-order valence-electron chi connectivity index (χ1n) is 13.1. The predicted octanol–water partition coefficient (Wildman–Crippen LogP) is 6.42. The Morgan fingerprint density at radius 2 is 1.58 bits per heavy atom. The molecule has 8 heteroatoms. The molecule has 3 aromatic rings. The van der Waals surface area contributed by atoms with Crippen LogP contribution >= 0.6 is 11.6 Å². The first kappa shape index (κ1) is 28.9. The number of hydrazone groups is 1. The standard InChI is InChI=1S/C30H34ClN3O4/c1-2-3-4-5-6-7-8-13-28(35)32-21-29(36)34-33-20-26-25-12-10-9-11-22(25)16-19-27(26)38-30(37)23-14-17-24(31)18-15-23/h9-12,14-20H,2-8,13,21H2,1H3,(H,32,35)(H,34,36)/b33-20-. The third kappa shape index (κ3) is 9.30. The molecule has 2 N–H and O–H groups in total. The number of unbranched alkanes of at least 4 members (excludes halogenated alkanes) is 6. The van der Waals surface area contributed by atoms with Crippen LogP contribution in [0, 0.1) is 0 Å². The molecule has 0 aromatic heterocycles. The summed E-state index contributed by atoms with van der Waals surface area (Å²) >= 11 is 5.91. The fourth-order valence-corrected chi connectivity index (χ4v) is 4.09. The van der Waals surface area contributed by atoms with Crippen molar-refractivity contribution in [3.63, 3.8) is 0 Å². The van der Waals surface area contributed by atoms with E-state index in [2.05, 4.69) is 22.8 Å². The largest absolute Gasteiger partial charge is 0.422 e. The highest BCUT2D eigenvalue weighted by molar-refractivity contribution is 6.30. The molecule has 0 heterocycles. The fourth-order valence-electron chi connectivity index (χ4n) is 3.96. The second-order valence-corrected chi connectivity index (χ2v) is 9.47. The number of hydrogen-bond donors (Lipinski definition) is 2. The normalized spacial score (nSPS) is 11.0. The number of amides is 2. The predicted molar refractivity (Wildman–Crippen MR) is 152 cm³/mol. The van der Waals surface area contributed by atoms with Crippen LogP contribution in [0.4, 0.5) is 0 Å². The molecule has 38 heavy (non-hydrogen) atoms. The summed E-state index contributed by atoms with van der Waals surface area (Å²) in [6, 6.07) is 17.5. The number of benzene rings is 3. The van der Waals surface area contributed by atoms with E-state index >= 15 is 0 Å². The molecule has 0 unspecified atom stereocenters. The number of fused-ring (bicyclic) bond motifs is 1. The van der Waals surface area contributed by atoms with Crippen LogP contribution in [-0.4, -0.2) is 30.5 Å². The van der Waals surface area contributed by atoms with Gasteiger partial charge in [0.1, 0.15) is 5.75 Å². The van der Waals surface area contributed by atoms with Gasteiger partial charge >= 0.3 is 5.97 Å². The summed E-state index contributed by atoms with van der Waals surface area (Å²) in [4.78, 5) is 36.9. The SMILES string of the molecule is CCCCCCCCCC(=O)NCC(=O)N/N=C\c1c(OC(=O)c2ccc(Cl)cc2)ccc2ccccc12. The number of rotatable bonds is 14. The molecule has 3 aromatic carbocycles. The van der Waals surface area contributed by atoms with Gasteiger partial charge in [-0.1, -0.05) is 87.4 Å². The Labute approximate surface area is 228 Å². The van der Waals surface area contributed by atoms with E-state index in [0.29, 0.717) is 28.3 Å². The van der Waals surface area contributed by atoms with Crippen LogP contribution in [0.1, 0.15) is 74.2 Å². The minimum atomic E-state index is -0.542. The van der Waals surface area contributed by atoms with E-state index in [4.69, 9.17) is 16.3 Å². The van der Waals surface area contributed by atoms with Crippen molar-refractivity contribution in [1.82, 2.24) is 10.7 Å². The van der Waals surface area contributed by atoms with Crippen molar-refractivity contribution in [2.75, 3.05) is 6.54 Å². The van der Waals surface area contributed by atoms with Gasteiger partial charge in [0.15, 0.2) is 0 Å². The molecule has 0 bridgehead atoms. The van der Waals surface area contributed by atoms with Crippen molar-refractivity contribution in [2.45, 2.75) is 58.3 Å². The molecule has 0 spiro atoms. The molecule has 7 nitrogen and oxygen atoms in total. The Bertz CT molecular complexity index is 1260. The maximum absolute atomic E-state index is 12.7. The summed E-state index contributed by atoms with van der Waals surface area (Å²) in [6.45, 7) is 2.02. The van der Waals surface area contributed by atoms with Gasteiger partial charge in [-0.15, -0.1) is 0 Å². The number of esters is 1. The number of halogens is 1. The van der Waals surface area contributed by atoms with E-state index in [1.54, 1.807) is 30.3 Å². The molecular weight excluding hydrogens is 502 g/mol. The molecule has 2 amide bonds. The van der Waals surface area contributed by atoms with E-state index < -0.39 is 11.9 Å². The summed E-state index contributed by atoms with van der Waals surface area (Å²) in [5.74, 6) is -0.846. The summed E-state index contributed by atoms with van der Waals surface area (Å²) in [6.07, 6.45) is 9.73. The van der Waals surface area contributed by atoms with Crippen LogP contribution in [0.15, 0.2) is 65.8 Å². The minimum Gasteiger partial charge on any atom is -0.422 e. The van der Waals surface area contributed by atoms with Crippen molar-refractivity contribution >= 4 is 46.4 Å². The van der Waals surface area contributed by atoms with E-state index in [1.165, 1.54) is 31.9 Å². The first-order chi connectivity index (χ1) is 18.5. The third-order valence-electron chi connectivity index (χ3n) is 6.05. The smallest absolute Gasteiger partial charge is 0.343 e. The molecule has 0 aliphatic rings. The summed E-state index contributed by atoms with van der Waals surface area (Å²) in [5, 5.41) is 8.92. The maximum atomic E-state index is 12.7. The second-order valence-electron chi connectivity index (χ2n) is 9.04. The van der Waals surface area contributed by atoms with Gasteiger partial charge in [-0.05, 0) is 47.5 Å². The Morgan fingerprint density at radius 3 is 2.34 bits per heavy atom. The average molecular weight is 536 g/mol. The van der Waals surface area contributed by atoms with E-state index in [-0.39, 0.29) is 12.5 Å². The van der Waals surface area contributed by atoms with Crippen LogP contribution in [0.3, 0.4) is 0 Å². The van der Waals surface area contributed by atoms with Crippen molar-refractivity contribution < 1.29 is 19.1 Å². The minimum absolute atomic E-state index is 0.150. The number of hydrogen-bond acceptors (Lipinski definition) is 5. The molecule has 0 radical (unpaired) electrons. The molecule has 3 rings (SSSR count). The number of nitrogens with zero attached hydrogens (tertiary/aromatic N) is 1. The summed E-state index contributed by atoms with van der Waals surface area (Å²) in [5.41, 5.74) is 3.31. The van der Waals surface area contributed by atoms with E-state index in [0.717, 1.165) is 30.0 Å². The molecule has 0 aliphatic heterocycles. The quantitative estimate of drug-likeness (QED) is 0.0818. The third-order valence-corrected chi connectivity index (χ3v) is 6.30. The van der Waals surface area contributed by atoms with Crippen LogP contribution in [-0.2, 0) is 9.59 Å². The Hall–Kier alpha value is -3.71. The van der Waals surface area contributed by atoms with Crippen LogP contribution in [0.2, 0.25) is 5.02 Å². The lowest BCUT2D eigenvalue weighted by Gasteiger charge is -2.11. The summed E-state index contributed by atoms with van der Waals surface area (Å²) < 4.78 is 5.65. The van der Waals surface area contributed by atoms with Crippen molar-refractivity contribution in [3.05, 3.63) is 76.8 Å². The van der Waals surface area contributed by atoms with Crippen molar-refractivity contribution in [1.29, 1.82) is 0 Å². The van der Waals surface area contributed by atoms with Gasteiger partial charge in [-0.25, -0.2) is 10.2 Å². The zero-order valence-electron chi connectivity index (χ0n) is 21.7. The van der Waals surface area contributed by atoms with Gasteiger partial charge in [0, 0.05) is 17.0 Å². The molecule has 200 valence electrons. The highest BCUT2D eigenvalue weighted by atomic mass is 35.5. The number of carbonyl (C=O) groups is 3. The Morgan fingerprint density at radius 1 is 0.868 bits per heavy atom. The lowest BCUT2D eigenvalue weighted by molar-refractivity contribution is -0.126.